The van der Waals surface area contributed by atoms with Crippen LogP contribution < -0.4 is 10.2 Å². The van der Waals surface area contributed by atoms with Gasteiger partial charge in [0.1, 0.15) is 5.75 Å². The number of aryl methyl sites for hydroxylation is 1. The van der Waals surface area contributed by atoms with E-state index in [4.69, 9.17) is 4.99 Å². The molecule has 3 rings (SSSR count). The molecule has 0 saturated carbocycles. The topological polar surface area (TPSA) is 64.0 Å². The molecule has 8 heteroatoms. The molecule has 0 spiro atoms. The predicted octanol–water partition coefficient (Wildman–Crippen LogP) is 3.06. The monoisotopic (exact) mass is 487 g/mol. The normalized spacial score (nSPS) is 14.9. The van der Waals surface area contributed by atoms with Crippen molar-refractivity contribution in [1.29, 1.82) is 0 Å². The number of halogens is 1. The molecule has 2 heterocycles. The Balaban J connectivity index is 0.00000243. The lowest BCUT2D eigenvalue weighted by atomic mass is 10.2. The van der Waals surface area contributed by atoms with Crippen molar-refractivity contribution in [2.75, 3.05) is 37.6 Å². The van der Waals surface area contributed by atoms with Crippen molar-refractivity contribution in [3.63, 3.8) is 0 Å². The van der Waals surface area contributed by atoms with Crippen LogP contribution in [0.5, 0.6) is 5.75 Å². The van der Waals surface area contributed by atoms with Crippen LogP contribution in [0.2, 0.25) is 0 Å². The van der Waals surface area contributed by atoms with E-state index in [9.17, 15) is 5.11 Å². The molecule has 0 amide bonds. The minimum Gasteiger partial charge on any atom is -0.506 e. The highest BCUT2D eigenvalue weighted by Crippen LogP contribution is 2.27. The van der Waals surface area contributed by atoms with Crippen molar-refractivity contribution in [2.24, 2.45) is 4.99 Å². The molecule has 1 fully saturated rings. The highest BCUT2D eigenvalue weighted by atomic mass is 127. The largest absolute Gasteiger partial charge is 0.506 e. The zero-order chi connectivity index (χ0) is 17.6. The van der Waals surface area contributed by atoms with E-state index in [2.05, 4.69) is 27.0 Å². The molecule has 0 unspecified atom stereocenters. The van der Waals surface area contributed by atoms with E-state index in [1.54, 1.807) is 17.4 Å². The molecule has 1 aliphatic heterocycles. The first kappa shape index (κ1) is 20.8. The zero-order valence-corrected chi connectivity index (χ0v) is 18.3. The lowest BCUT2D eigenvalue weighted by Crippen LogP contribution is -2.52. The van der Waals surface area contributed by atoms with Gasteiger partial charge < -0.3 is 20.2 Å². The summed E-state index contributed by atoms with van der Waals surface area (Å²) in [4.78, 5) is 14.8. The van der Waals surface area contributed by atoms with Crippen LogP contribution in [0, 0.1) is 6.92 Å². The van der Waals surface area contributed by atoms with Crippen LogP contribution in [-0.2, 0) is 6.54 Å². The van der Waals surface area contributed by atoms with Crippen LogP contribution in [0.15, 0.2) is 35.5 Å². The summed E-state index contributed by atoms with van der Waals surface area (Å²) in [5.41, 5.74) is 0.907. The summed E-state index contributed by atoms with van der Waals surface area (Å²) in [5.74, 6) is 1.29. The van der Waals surface area contributed by atoms with Crippen LogP contribution in [0.25, 0.3) is 0 Å². The van der Waals surface area contributed by atoms with Crippen molar-refractivity contribution in [3.05, 3.63) is 40.3 Å². The van der Waals surface area contributed by atoms with Crippen LogP contribution in [-0.4, -0.2) is 53.7 Å². The number of rotatable bonds is 4. The van der Waals surface area contributed by atoms with Crippen molar-refractivity contribution < 1.29 is 5.11 Å². The molecule has 26 heavy (non-hydrogen) atoms. The average molecular weight is 487 g/mol. The van der Waals surface area contributed by atoms with Gasteiger partial charge in [-0.2, -0.15) is 0 Å². The predicted molar refractivity (Wildman–Crippen MR) is 119 cm³/mol. The van der Waals surface area contributed by atoms with Gasteiger partial charge in [-0.05, 0) is 26.0 Å². The maximum atomic E-state index is 10.0. The summed E-state index contributed by atoms with van der Waals surface area (Å²) < 4.78 is 0. The van der Waals surface area contributed by atoms with E-state index in [-0.39, 0.29) is 24.0 Å². The van der Waals surface area contributed by atoms with E-state index >= 15 is 0 Å². The van der Waals surface area contributed by atoms with E-state index < -0.39 is 0 Å². The zero-order valence-electron chi connectivity index (χ0n) is 15.2. The number of piperazine rings is 1. The SMILES string of the molecule is CCNC(=NCc1cnc(C)s1)N1CCN(c2ccccc2O)CC1.I. The third-order valence-electron chi connectivity index (χ3n) is 4.19. The highest BCUT2D eigenvalue weighted by molar-refractivity contribution is 14.0. The summed E-state index contributed by atoms with van der Waals surface area (Å²) in [6, 6.07) is 7.52. The first-order chi connectivity index (χ1) is 12.2. The van der Waals surface area contributed by atoms with Crippen LogP contribution in [0.1, 0.15) is 16.8 Å². The molecular weight excluding hydrogens is 461 g/mol. The van der Waals surface area contributed by atoms with Crippen molar-refractivity contribution in [2.45, 2.75) is 20.4 Å². The molecule has 1 aliphatic rings. The molecule has 1 saturated heterocycles. The van der Waals surface area contributed by atoms with Gasteiger partial charge in [0.15, 0.2) is 5.96 Å². The number of nitrogens with zero attached hydrogens (tertiary/aromatic N) is 4. The third kappa shape index (κ3) is 5.23. The molecule has 0 atom stereocenters. The van der Waals surface area contributed by atoms with Gasteiger partial charge in [-0.15, -0.1) is 35.3 Å². The lowest BCUT2D eigenvalue weighted by molar-refractivity contribution is 0.370. The Morgan fingerprint density at radius 3 is 2.62 bits per heavy atom. The van der Waals surface area contributed by atoms with Gasteiger partial charge in [-0.1, -0.05) is 12.1 Å². The minimum absolute atomic E-state index is 0. The van der Waals surface area contributed by atoms with Crippen LogP contribution in [0.3, 0.4) is 0 Å². The second kappa shape index (κ2) is 9.96. The third-order valence-corrected chi connectivity index (χ3v) is 5.09. The van der Waals surface area contributed by atoms with Gasteiger partial charge >= 0.3 is 0 Å². The Labute approximate surface area is 176 Å². The highest BCUT2D eigenvalue weighted by Gasteiger charge is 2.21. The number of benzene rings is 1. The molecule has 0 bridgehead atoms. The number of aromatic hydroxyl groups is 1. The number of nitrogens with one attached hydrogen (secondary N) is 1. The van der Waals surface area contributed by atoms with E-state index in [1.807, 2.05) is 31.3 Å². The van der Waals surface area contributed by atoms with Gasteiger partial charge in [0.25, 0.3) is 0 Å². The van der Waals surface area contributed by atoms with Crippen LogP contribution >= 0.6 is 35.3 Å². The number of phenols is 1. The molecule has 6 nitrogen and oxygen atoms in total. The summed E-state index contributed by atoms with van der Waals surface area (Å²) in [7, 11) is 0. The molecule has 2 aromatic rings. The number of para-hydroxylation sites is 2. The Morgan fingerprint density at radius 1 is 1.27 bits per heavy atom. The van der Waals surface area contributed by atoms with Crippen LogP contribution in [0.4, 0.5) is 5.69 Å². The van der Waals surface area contributed by atoms with Gasteiger partial charge in [0, 0.05) is 43.8 Å². The molecular formula is C18H26IN5OS. The van der Waals surface area contributed by atoms with Crippen molar-refractivity contribution in [3.8, 4) is 5.75 Å². The summed E-state index contributed by atoms with van der Waals surface area (Å²) in [6.45, 7) is 9.09. The number of thiazole rings is 1. The van der Waals surface area contributed by atoms with E-state index in [0.717, 1.165) is 49.4 Å². The fourth-order valence-electron chi connectivity index (χ4n) is 2.95. The van der Waals surface area contributed by atoms with Gasteiger partial charge in [0.2, 0.25) is 0 Å². The quantitative estimate of drug-likeness (QED) is 0.395. The summed E-state index contributed by atoms with van der Waals surface area (Å²) in [6.07, 6.45) is 1.91. The molecule has 142 valence electrons. The Kier molecular flexibility index (Phi) is 7.95. The fourth-order valence-corrected chi connectivity index (χ4v) is 3.67. The Bertz CT molecular complexity index is 728. The van der Waals surface area contributed by atoms with Gasteiger partial charge in [-0.3, -0.25) is 0 Å². The standard InChI is InChI=1S/C18H25N5OS.HI/c1-3-19-18(21-13-15-12-20-14(2)25-15)23-10-8-22(9-11-23)16-6-4-5-7-17(16)24;/h4-7,12,24H,3,8-11,13H2,1-2H3,(H,19,21);1H. The smallest absolute Gasteiger partial charge is 0.194 e. The van der Waals surface area contributed by atoms with E-state index in [1.165, 1.54) is 4.88 Å². The van der Waals surface area contributed by atoms with Crippen molar-refractivity contribution >= 4 is 47.0 Å². The molecule has 2 N–H and O–H groups in total. The number of aliphatic imine (C=N–C) groups is 1. The Morgan fingerprint density at radius 2 is 2.00 bits per heavy atom. The molecule has 0 aliphatic carbocycles. The first-order valence-corrected chi connectivity index (χ1v) is 9.46. The van der Waals surface area contributed by atoms with Crippen molar-refractivity contribution in [1.82, 2.24) is 15.2 Å². The lowest BCUT2D eigenvalue weighted by Gasteiger charge is -2.37. The number of hydrogen-bond donors (Lipinski definition) is 2. The number of guanidine groups is 1. The average Bonchev–Trinajstić information content (AvgIpc) is 3.05. The molecule has 1 aromatic carbocycles. The van der Waals surface area contributed by atoms with Gasteiger partial charge in [-0.25, -0.2) is 9.98 Å². The second-order valence-corrected chi connectivity index (χ2v) is 7.30. The second-order valence-electron chi connectivity index (χ2n) is 5.98. The first-order valence-electron chi connectivity index (χ1n) is 8.65. The van der Waals surface area contributed by atoms with Gasteiger partial charge in [0.05, 0.1) is 17.2 Å². The molecule has 0 radical (unpaired) electrons. The fraction of sp³-hybridized carbons (Fsp3) is 0.444. The number of aromatic nitrogens is 1. The Hall–Kier alpha value is -1.55. The number of phenolic OH excluding ortho intramolecular Hbond substituents is 1. The summed E-state index contributed by atoms with van der Waals surface area (Å²) in [5, 5.41) is 14.5. The maximum Gasteiger partial charge on any atom is 0.194 e. The maximum absolute atomic E-state index is 10.0. The molecule has 1 aromatic heterocycles. The number of anilines is 1. The van der Waals surface area contributed by atoms with E-state index in [0.29, 0.717) is 12.3 Å². The minimum atomic E-state index is 0. The number of hydrogen-bond acceptors (Lipinski definition) is 5. The summed E-state index contributed by atoms with van der Waals surface area (Å²) >= 11 is 1.69.